The maximum atomic E-state index is 12.9. The SMILES string of the molecule is Cc1ccc(-c2cc3c(N4CCC[C@H](C(=O)NCc5ccccc5)C4)nccn3n2)cc1C. The van der Waals surface area contributed by atoms with E-state index in [0.717, 1.165) is 47.5 Å². The van der Waals surface area contributed by atoms with Crippen LogP contribution in [0, 0.1) is 19.8 Å². The quantitative estimate of drug-likeness (QED) is 0.496. The van der Waals surface area contributed by atoms with E-state index < -0.39 is 0 Å². The fourth-order valence-corrected chi connectivity index (χ4v) is 4.51. The number of carbonyl (C=O) groups is 1. The third-order valence-corrected chi connectivity index (χ3v) is 6.57. The van der Waals surface area contributed by atoms with Crippen molar-refractivity contribution in [3.63, 3.8) is 0 Å². The Morgan fingerprint density at radius 3 is 2.76 bits per heavy atom. The highest BCUT2D eigenvalue weighted by molar-refractivity contribution is 5.81. The number of hydrogen-bond donors (Lipinski definition) is 1. The van der Waals surface area contributed by atoms with Crippen LogP contribution in [0.5, 0.6) is 0 Å². The number of nitrogens with zero attached hydrogens (tertiary/aromatic N) is 4. The van der Waals surface area contributed by atoms with Crippen molar-refractivity contribution in [2.24, 2.45) is 5.92 Å². The van der Waals surface area contributed by atoms with Crippen molar-refractivity contribution in [1.82, 2.24) is 19.9 Å². The lowest BCUT2D eigenvalue weighted by Gasteiger charge is -2.33. The van der Waals surface area contributed by atoms with Crippen molar-refractivity contribution in [1.29, 1.82) is 0 Å². The number of nitrogens with one attached hydrogen (secondary N) is 1. The molecular weight excluding hydrogens is 410 g/mol. The molecule has 0 aliphatic carbocycles. The zero-order valence-corrected chi connectivity index (χ0v) is 19.2. The largest absolute Gasteiger partial charge is 0.354 e. The van der Waals surface area contributed by atoms with Crippen LogP contribution in [-0.4, -0.2) is 33.6 Å². The van der Waals surface area contributed by atoms with Gasteiger partial charge >= 0.3 is 0 Å². The number of fused-ring (bicyclic) bond motifs is 1. The topological polar surface area (TPSA) is 62.5 Å². The average Bonchev–Trinajstić information content (AvgIpc) is 3.29. The summed E-state index contributed by atoms with van der Waals surface area (Å²) in [6.45, 7) is 6.36. The smallest absolute Gasteiger partial charge is 0.225 e. The second kappa shape index (κ2) is 9.06. The molecule has 0 bridgehead atoms. The molecule has 0 saturated carbocycles. The van der Waals surface area contributed by atoms with Crippen LogP contribution >= 0.6 is 0 Å². The number of aryl methyl sites for hydroxylation is 2. The Morgan fingerprint density at radius 1 is 1.09 bits per heavy atom. The van der Waals surface area contributed by atoms with Gasteiger partial charge in [-0.1, -0.05) is 42.5 Å². The zero-order valence-electron chi connectivity index (χ0n) is 19.2. The first-order chi connectivity index (χ1) is 16.1. The molecule has 1 aliphatic rings. The van der Waals surface area contributed by atoms with Crippen molar-refractivity contribution in [3.05, 3.63) is 83.7 Å². The molecule has 0 radical (unpaired) electrons. The van der Waals surface area contributed by atoms with Gasteiger partial charge in [-0.15, -0.1) is 0 Å². The van der Waals surface area contributed by atoms with Crippen LogP contribution in [0.4, 0.5) is 5.82 Å². The first kappa shape index (κ1) is 21.2. The second-order valence-corrected chi connectivity index (χ2v) is 8.90. The summed E-state index contributed by atoms with van der Waals surface area (Å²) in [4.78, 5) is 19.8. The molecule has 1 fully saturated rings. The zero-order chi connectivity index (χ0) is 22.8. The third kappa shape index (κ3) is 4.46. The summed E-state index contributed by atoms with van der Waals surface area (Å²) in [5.74, 6) is 0.951. The van der Waals surface area contributed by atoms with E-state index in [0.29, 0.717) is 13.1 Å². The summed E-state index contributed by atoms with van der Waals surface area (Å²) in [6, 6.07) is 18.6. The molecule has 1 N–H and O–H groups in total. The van der Waals surface area contributed by atoms with Gasteiger partial charge in [0.15, 0.2) is 5.82 Å². The lowest BCUT2D eigenvalue weighted by Crippen LogP contribution is -2.43. The third-order valence-electron chi connectivity index (χ3n) is 6.57. The Balaban J connectivity index is 1.35. The number of amides is 1. The molecule has 33 heavy (non-hydrogen) atoms. The number of rotatable bonds is 5. The first-order valence-corrected chi connectivity index (χ1v) is 11.6. The Bertz CT molecular complexity index is 1280. The fraction of sp³-hybridized carbons (Fsp3) is 0.296. The Hall–Kier alpha value is -3.67. The Kier molecular flexibility index (Phi) is 5.82. The van der Waals surface area contributed by atoms with E-state index in [-0.39, 0.29) is 11.8 Å². The van der Waals surface area contributed by atoms with Crippen LogP contribution < -0.4 is 10.2 Å². The Morgan fingerprint density at radius 2 is 1.94 bits per heavy atom. The molecule has 6 heteroatoms. The van der Waals surface area contributed by atoms with Crippen LogP contribution in [0.25, 0.3) is 16.8 Å². The van der Waals surface area contributed by atoms with E-state index >= 15 is 0 Å². The van der Waals surface area contributed by atoms with Crippen LogP contribution in [0.2, 0.25) is 0 Å². The van der Waals surface area contributed by atoms with Gasteiger partial charge in [0.1, 0.15) is 5.52 Å². The molecular formula is C27H29N5O. The van der Waals surface area contributed by atoms with Crippen molar-refractivity contribution >= 4 is 17.2 Å². The van der Waals surface area contributed by atoms with Crippen molar-refractivity contribution in [2.45, 2.75) is 33.2 Å². The van der Waals surface area contributed by atoms with Crippen LogP contribution in [0.15, 0.2) is 67.0 Å². The summed E-state index contributed by atoms with van der Waals surface area (Å²) in [6.07, 6.45) is 5.54. The van der Waals surface area contributed by atoms with E-state index in [1.54, 1.807) is 6.20 Å². The minimum atomic E-state index is -0.0494. The van der Waals surface area contributed by atoms with Gasteiger partial charge in [-0.25, -0.2) is 9.50 Å². The highest BCUT2D eigenvalue weighted by Gasteiger charge is 2.27. The molecule has 1 saturated heterocycles. The molecule has 1 amide bonds. The van der Waals surface area contributed by atoms with Crippen LogP contribution in [-0.2, 0) is 11.3 Å². The molecule has 2 aromatic heterocycles. The summed E-state index contributed by atoms with van der Waals surface area (Å²) in [7, 11) is 0. The standard InChI is InChI=1S/C27H29N5O/c1-19-10-11-22(15-20(19)2)24-16-25-26(28-12-14-32(25)30-24)31-13-6-9-23(18-31)27(33)29-17-21-7-4-3-5-8-21/h3-5,7-8,10-12,14-16,23H,6,9,13,17-18H2,1-2H3,(H,29,33)/t23-/m0/s1. The Labute approximate surface area is 194 Å². The molecule has 1 aliphatic heterocycles. The first-order valence-electron chi connectivity index (χ1n) is 11.6. The van der Waals surface area contributed by atoms with Crippen LogP contribution in [0.3, 0.4) is 0 Å². The predicted octanol–water partition coefficient (Wildman–Crippen LogP) is 4.55. The number of anilines is 1. The van der Waals surface area contributed by atoms with E-state index in [1.165, 1.54) is 11.1 Å². The number of hydrogen-bond acceptors (Lipinski definition) is 4. The van der Waals surface area contributed by atoms with Crippen molar-refractivity contribution < 1.29 is 4.79 Å². The molecule has 1 atom stereocenters. The predicted molar refractivity (Wildman–Crippen MR) is 131 cm³/mol. The van der Waals surface area contributed by atoms with Gasteiger partial charge in [-0.05, 0) is 55.5 Å². The molecule has 0 unspecified atom stereocenters. The van der Waals surface area contributed by atoms with Crippen molar-refractivity contribution in [3.8, 4) is 11.3 Å². The van der Waals surface area contributed by atoms with Gasteiger partial charge in [0.25, 0.3) is 0 Å². The maximum Gasteiger partial charge on any atom is 0.225 e. The number of benzene rings is 2. The van der Waals surface area contributed by atoms with E-state index in [9.17, 15) is 4.79 Å². The molecule has 6 nitrogen and oxygen atoms in total. The fourth-order valence-electron chi connectivity index (χ4n) is 4.51. The van der Waals surface area contributed by atoms with Gasteiger partial charge in [0.2, 0.25) is 5.91 Å². The van der Waals surface area contributed by atoms with Gasteiger partial charge in [-0.2, -0.15) is 5.10 Å². The lowest BCUT2D eigenvalue weighted by atomic mass is 9.97. The second-order valence-electron chi connectivity index (χ2n) is 8.90. The molecule has 2 aromatic carbocycles. The monoisotopic (exact) mass is 439 g/mol. The van der Waals surface area contributed by atoms with Gasteiger partial charge in [-0.3, -0.25) is 4.79 Å². The highest BCUT2D eigenvalue weighted by Crippen LogP contribution is 2.29. The van der Waals surface area contributed by atoms with Crippen LogP contribution in [0.1, 0.15) is 29.5 Å². The van der Waals surface area contributed by atoms with Gasteiger partial charge in [0.05, 0.1) is 11.6 Å². The lowest BCUT2D eigenvalue weighted by molar-refractivity contribution is -0.125. The summed E-state index contributed by atoms with van der Waals surface area (Å²) in [5, 5.41) is 7.91. The van der Waals surface area contributed by atoms with E-state index in [1.807, 2.05) is 41.0 Å². The number of carbonyl (C=O) groups excluding carboxylic acids is 1. The molecule has 168 valence electrons. The number of piperidine rings is 1. The van der Waals surface area contributed by atoms with Gasteiger partial charge < -0.3 is 10.2 Å². The molecule has 5 rings (SSSR count). The van der Waals surface area contributed by atoms with E-state index in [2.05, 4.69) is 53.3 Å². The summed E-state index contributed by atoms with van der Waals surface area (Å²) >= 11 is 0. The molecule has 4 aromatic rings. The number of aromatic nitrogens is 3. The van der Waals surface area contributed by atoms with Crippen molar-refractivity contribution in [2.75, 3.05) is 18.0 Å². The van der Waals surface area contributed by atoms with Gasteiger partial charge in [0, 0.05) is 37.6 Å². The molecule has 3 heterocycles. The molecule has 0 spiro atoms. The van der Waals surface area contributed by atoms with E-state index in [4.69, 9.17) is 5.10 Å². The average molecular weight is 440 g/mol. The highest BCUT2D eigenvalue weighted by atomic mass is 16.1. The maximum absolute atomic E-state index is 12.9. The summed E-state index contributed by atoms with van der Waals surface area (Å²) < 4.78 is 1.89. The minimum Gasteiger partial charge on any atom is -0.354 e. The summed E-state index contributed by atoms with van der Waals surface area (Å²) in [5.41, 5.74) is 6.64. The normalized spacial score (nSPS) is 16.2. The minimum absolute atomic E-state index is 0.0494.